The molecule has 1 aromatic carbocycles. The summed E-state index contributed by atoms with van der Waals surface area (Å²) in [4.78, 5) is 0. The lowest BCUT2D eigenvalue weighted by Gasteiger charge is -2.05. The Morgan fingerprint density at radius 3 is 2.83 bits per heavy atom. The topological polar surface area (TPSA) is 20.2 Å². The summed E-state index contributed by atoms with van der Waals surface area (Å²) in [6, 6.07) is 4.32. The van der Waals surface area contributed by atoms with E-state index >= 15 is 0 Å². The van der Waals surface area contributed by atoms with Crippen LogP contribution in [-0.4, -0.2) is 5.11 Å². The molecule has 0 bridgehead atoms. The van der Waals surface area contributed by atoms with Crippen LogP contribution in [0.2, 0.25) is 5.02 Å². The highest BCUT2D eigenvalue weighted by molar-refractivity contribution is 6.30. The van der Waals surface area contributed by atoms with Gasteiger partial charge in [0.15, 0.2) is 0 Å². The summed E-state index contributed by atoms with van der Waals surface area (Å²) < 4.78 is 13.1. The van der Waals surface area contributed by atoms with Crippen LogP contribution in [0.5, 0.6) is 0 Å². The standard InChI is InChI=1S/C9H6ClFO/c1-2-8(12)6-4-3-5-7(10)9(6)11/h1,3-5,8,12H/t8-/m1/s1. The number of hydrogen-bond acceptors (Lipinski definition) is 1. The van der Waals surface area contributed by atoms with Gasteiger partial charge in [-0.05, 0) is 6.07 Å². The van der Waals surface area contributed by atoms with E-state index in [0.717, 1.165) is 0 Å². The van der Waals surface area contributed by atoms with Gasteiger partial charge in [0, 0.05) is 5.56 Å². The highest BCUT2D eigenvalue weighted by Gasteiger charge is 2.11. The van der Waals surface area contributed by atoms with Crippen molar-refractivity contribution in [1.29, 1.82) is 0 Å². The molecule has 0 aliphatic carbocycles. The Morgan fingerprint density at radius 2 is 2.25 bits per heavy atom. The highest BCUT2D eigenvalue weighted by atomic mass is 35.5. The van der Waals surface area contributed by atoms with Crippen molar-refractivity contribution in [2.75, 3.05) is 0 Å². The van der Waals surface area contributed by atoms with Crippen LogP contribution >= 0.6 is 11.6 Å². The smallest absolute Gasteiger partial charge is 0.148 e. The lowest BCUT2D eigenvalue weighted by Crippen LogP contribution is -1.97. The third-order valence-corrected chi connectivity index (χ3v) is 1.73. The van der Waals surface area contributed by atoms with Gasteiger partial charge in [-0.2, -0.15) is 0 Å². The van der Waals surface area contributed by atoms with E-state index in [4.69, 9.17) is 23.1 Å². The van der Waals surface area contributed by atoms with Crippen molar-refractivity contribution in [1.82, 2.24) is 0 Å². The number of hydrogen-bond donors (Lipinski definition) is 1. The maximum Gasteiger partial charge on any atom is 0.148 e. The van der Waals surface area contributed by atoms with Crippen molar-refractivity contribution in [2.24, 2.45) is 0 Å². The largest absolute Gasteiger partial charge is 0.376 e. The minimum absolute atomic E-state index is 0.0324. The molecule has 1 N–H and O–H groups in total. The summed E-state index contributed by atoms with van der Waals surface area (Å²) in [5.74, 6) is 1.34. The fourth-order valence-electron chi connectivity index (χ4n) is 0.821. The summed E-state index contributed by atoms with van der Waals surface area (Å²) in [5.41, 5.74) is 0.0324. The summed E-state index contributed by atoms with van der Waals surface area (Å²) in [7, 11) is 0. The molecule has 0 spiro atoms. The minimum atomic E-state index is -1.23. The van der Waals surface area contributed by atoms with Crippen LogP contribution in [0.25, 0.3) is 0 Å². The van der Waals surface area contributed by atoms with Crippen LogP contribution in [-0.2, 0) is 0 Å². The molecule has 0 amide bonds. The van der Waals surface area contributed by atoms with E-state index in [1.807, 2.05) is 5.92 Å². The SMILES string of the molecule is C#C[C@@H](O)c1cccc(Cl)c1F. The molecular formula is C9H6ClFO. The van der Waals surface area contributed by atoms with Crippen molar-refractivity contribution >= 4 is 11.6 Å². The average Bonchev–Trinajstić information content (AvgIpc) is 2.08. The quantitative estimate of drug-likeness (QED) is 0.663. The van der Waals surface area contributed by atoms with Gasteiger partial charge in [-0.3, -0.25) is 0 Å². The molecule has 0 heterocycles. The van der Waals surface area contributed by atoms with E-state index in [2.05, 4.69) is 0 Å². The van der Waals surface area contributed by atoms with Gasteiger partial charge < -0.3 is 5.11 Å². The third-order valence-electron chi connectivity index (χ3n) is 1.43. The molecule has 1 aromatic rings. The molecule has 0 saturated heterocycles. The Balaban J connectivity index is 3.18. The summed E-state index contributed by atoms with van der Waals surface area (Å²) >= 11 is 5.46. The molecule has 0 aliphatic rings. The second-order valence-corrected chi connectivity index (χ2v) is 2.62. The van der Waals surface area contributed by atoms with Gasteiger partial charge in [-0.15, -0.1) is 6.42 Å². The normalized spacial score (nSPS) is 12.2. The predicted octanol–water partition coefficient (Wildman–Crippen LogP) is 2.15. The van der Waals surface area contributed by atoms with E-state index in [1.165, 1.54) is 18.2 Å². The Bertz CT molecular complexity index is 330. The molecule has 1 atom stereocenters. The first-order chi connectivity index (χ1) is 5.66. The van der Waals surface area contributed by atoms with E-state index in [9.17, 15) is 4.39 Å². The minimum Gasteiger partial charge on any atom is -0.376 e. The lowest BCUT2D eigenvalue weighted by atomic mass is 10.1. The molecule has 0 aliphatic heterocycles. The van der Waals surface area contributed by atoms with Gasteiger partial charge in [-0.25, -0.2) is 4.39 Å². The summed E-state index contributed by atoms with van der Waals surface area (Å²) in [5, 5.41) is 9.06. The first kappa shape index (κ1) is 9.05. The molecular weight excluding hydrogens is 179 g/mol. The van der Waals surface area contributed by atoms with Gasteiger partial charge >= 0.3 is 0 Å². The predicted molar refractivity (Wildman–Crippen MR) is 45.2 cm³/mol. The molecule has 0 saturated carbocycles. The van der Waals surface area contributed by atoms with Crippen LogP contribution < -0.4 is 0 Å². The second-order valence-electron chi connectivity index (χ2n) is 2.21. The van der Waals surface area contributed by atoms with E-state index < -0.39 is 11.9 Å². The number of rotatable bonds is 1. The van der Waals surface area contributed by atoms with Crippen LogP contribution in [0.4, 0.5) is 4.39 Å². The van der Waals surface area contributed by atoms with Crippen LogP contribution in [0, 0.1) is 18.2 Å². The third kappa shape index (κ3) is 1.58. The maximum atomic E-state index is 13.1. The molecule has 1 rings (SSSR count). The maximum absolute atomic E-state index is 13.1. The molecule has 62 valence electrons. The lowest BCUT2D eigenvalue weighted by molar-refractivity contribution is 0.233. The monoisotopic (exact) mass is 184 g/mol. The van der Waals surface area contributed by atoms with Gasteiger partial charge in [0.2, 0.25) is 0 Å². The van der Waals surface area contributed by atoms with Crippen molar-refractivity contribution < 1.29 is 9.50 Å². The highest BCUT2D eigenvalue weighted by Crippen LogP contribution is 2.22. The zero-order chi connectivity index (χ0) is 9.14. The second kappa shape index (κ2) is 3.57. The molecule has 0 fully saturated rings. The van der Waals surface area contributed by atoms with Crippen molar-refractivity contribution in [3.8, 4) is 12.3 Å². The average molecular weight is 185 g/mol. The summed E-state index contributed by atoms with van der Waals surface area (Å²) in [6.45, 7) is 0. The van der Waals surface area contributed by atoms with Crippen LogP contribution in [0.1, 0.15) is 11.7 Å². The molecule has 1 nitrogen and oxygen atoms in total. The molecule has 0 unspecified atom stereocenters. The molecule has 0 radical (unpaired) electrons. The van der Waals surface area contributed by atoms with E-state index in [1.54, 1.807) is 0 Å². The molecule has 3 heteroatoms. The van der Waals surface area contributed by atoms with Gasteiger partial charge in [0.25, 0.3) is 0 Å². The molecule has 0 aromatic heterocycles. The fourth-order valence-corrected chi connectivity index (χ4v) is 1.00. The zero-order valence-corrected chi connectivity index (χ0v) is 6.85. The van der Waals surface area contributed by atoms with E-state index in [0.29, 0.717) is 0 Å². The Labute approximate surface area is 74.8 Å². The number of halogens is 2. The first-order valence-electron chi connectivity index (χ1n) is 3.25. The van der Waals surface area contributed by atoms with E-state index in [-0.39, 0.29) is 10.6 Å². The van der Waals surface area contributed by atoms with Gasteiger partial charge in [0.1, 0.15) is 11.9 Å². The number of terminal acetylenes is 1. The zero-order valence-electron chi connectivity index (χ0n) is 6.09. The first-order valence-corrected chi connectivity index (χ1v) is 3.62. The Kier molecular flexibility index (Phi) is 2.69. The van der Waals surface area contributed by atoms with Gasteiger partial charge in [-0.1, -0.05) is 29.7 Å². The van der Waals surface area contributed by atoms with Crippen LogP contribution in [0.3, 0.4) is 0 Å². The fraction of sp³-hybridized carbons (Fsp3) is 0.111. The van der Waals surface area contributed by atoms with Crippen molar-refractivity contribution in [3.63, 3.8) is 0 Å². The number of aliphatic hydroxyl groups excluding tert-OH is 1. The number of benzene rings is 1. The molecule has 12 heavy (non-hydrogen) atoms. The van der Waals surface area contributed by atoms with Crippen molar-refractivity contribution in [3.05, 3.63) is 34.6 Å². The number of aliphatic hydroxyl groups is 1. The van der Waals surface area contributed by atoms with Crippen molar-refractivity contribution in [2.45, 2.75) is 6.10 Å². The summed E-state index contributed by atoms with van der Waals surface area (Å²) in [6.07, 6.45) is 3.68. The van der Waals surface area contributed by atoms with Crippen LogP contribution in [0.15, 0.2) is 18.2 Å². The Morgan fingerprint density at radius 1 is 1.58 bits per heavy atom. The van der Waals surface area contributed by atoms with Gasteiger partial charge in [0.05, 0.1) is 5.02 Å². The Hall–Kier alpha value is -1.04.